The fourth-order valence-corrected chi connectivity index (χ4v) is 1.20. The SMILES string of the molecule is CC(C)CCCOCCOCCOCCO. The molecule has 1 N–H and O–H groups in total. The number of hydrogen-bond donors (Lipinski definition) is 1. The fraction of sp³-hybridized carbons (Fsp3) is 1.00. The summed E-state index contributed by atoms with van der Waals surface area (Å²) in [6.07, 6.45) is 2.34. The van der Waals surface area contributed by atoms with Crippen molar-refractivity contribution in [3.8, 4) is 0 Å². The van der Waals surface area contributed by atoms with Crippen molar-refractivity contribution in [1.82, 2.24) is 0 Å². The molecule has 0 aromatic heterocycles. The first kappa shape index (κ1) is 15.8. The first-order chi connectivity index (χ1) is 7.77. The van der Waals surface area contributed by atoms with Crippen LogP contribution < -0.4 is 0 Å². The first-order valence-electron chi connectivity index (χ1n) is 6.11. The van der Waals surface area contributed by atoms with Crippen molar-refractivity contribution in [2.24, 2.45) is 5.92 Å². The third-order valence-corrected chi connectivity index (χ3v) is 2.05. The molecule has 98 valence electrons. The number of aliphatic hydroxyl groups is 1. The molecule has 0 aromatic rings. The predicted octanol–water partition coefficient (Wildman–Crippen LogP) is 1.46. The second-order valence-electron chi connectivity index (χ2n) is 4.10. The number of rotatable bonds is 12. The quantitative estimate of drug-likeness (QED) is 0.519. The van der Waals surface area contributed by atoms with Crippen LogP contribution in [-0.4, -0.2) is 51.4 Å². The monoisotopic (exact) mass is 234 g/mol. The Balaban J connectivity index is 2.88. The molecule has 0 saturated heterocycles. The Kier molecular flexibility index (Phi) is 12.8. The van der Waals surface area contributed by atoms with E-state index in [2.05, 4.69) is 13.8 Å². The zero-order chi connectivity index (χ0) is 12.1. The third kappa shape index (κ3) is 13.8. The predicted molar refractivity (Wildman–Crippen MR) is 63.6 cm³/mol. The molecular formula is C12H26O4. The van der Waals surface area contributed by atoms with Crippen LogP contribution in [0, 0.1) is 5.92 Å². The summed E-state index contributed by atoms with van der Waals surface area (Å²) in [6.45, 7) is 8.08. The summed E-state index contributed by atoms with van der Waals surface area (Å²) in [5.74, 6) is 0.753. The molecule has 4 heteroatoms. The zero-order valence-electron chi connectivity index (χ0n) is 10.6. The molecule has 0 aromatic carbocycles. The standard InChI is InChI=1S/C12H26O4/c1-12(2)4-3-6-14-8-10-16-11-9-15-7-5-13/h12-13H,3-11H2,1-2H3. The highest BCUT2D eigenvalue weighted by molar-refractivity contribution is 4.44. The van der Waals surface area contributed by atoms with Crippen molar-refractivity contribution >= 4 is 0 Å². The van der Waals surface area contributed by atoms with E-state index >= 15 is 0 Å². The number of ether oxygens (including phenoxy) is 3. The molecule has 0 spiro atoms. The summed E-state index contributed by atoms with van der Waals surface area (Å²) in [5, 5.41) is 8.44. The van der Waals surface area contributed by atoms with Crippen LogP contribution in [0.15, 0.2) is 0 Å². The van der Waals surface area contributed by atoms with E-state index in [1.807, 2.05) is 0 Å². The van der Waals surface area contributed by atoms with E-state index in [-0.39, 0.29) is 6.61 Å². The second kappa shape index (κ2) is 12.9. The van der Waals surface area contributed by atoms with Gasteiger partial charge >= 0.3 is 0 Å². The molecule has 0 bridgehead atoms. The summed E-state index contributed by atoms with van der Waals surface area (Å²) in [7, 11) is 0. The minimum absolute atomic E-state index is 0.0684. The highest BCUT2D eigenvalue weighted by Gasteiger charge is 1.94. The Bertz CT molecular complexity index is 128. The highest BCUT2D eigenvalue weighted by Crippen LogP contribution is 2.02. The maximum absolute atomic E-state index is 8.44. The van der Waals surface area contributed by atoms with Crippen molar-refractivity contribution in [2.45, 2.75) is 26.7 Å². The van der Waals surface area contributed by atoms with E-state index in [1.54, 1.807) is 0 Å². The van der Waals surface area contributed by atoms with Crippen molar-refractivity contribution in [3.63, 3.8) is 0 Å². The molecule has 0 aliphatic rings. The minimum Gasteiger partial charge on any atom is -0.394 e. The molecule has 0 fully saturated rings. The second-order valence-corrected chi connectivity index (χ2v) is 4.10. The van der Waals surface area contributed by atoms with Crippen LogP contribution in [0.5, 0.6) is 0 Å². The lowest BCUT2D eigenvalue weighted by atomic mass is 10.1. The minimum atomic E-state index is 0.0684. The van der Waals surface area contributed by atoms with Gasteiger partial charge in [0, 0.05) is 6.61 Å². The Morgan fingerprint density at radius 3 is 1.81 bits per heavy atom. The Labute approximate surface area is 98.9 Å². The van der Waals surface area contributed by atoms with E-state index in [0.717, 1.165) is 18.9 Å². The van der Waals surface area contributed by atoms with E-state index < -0.39 is 0 Å². The maximum atomic E-state index is 8.44. The van der Waals surface area contributed by atoms with Crippen LogP contribution in [0.1, 0.15) is 26.7 Å². The Morgan fingerprint density at radius 2 is 1.31 bits per heavy atom. The third-order valence-electron chi connectivity index (χ3n) is 2.05. The largest absolute Gasteiger partial charge is 0.394 e. The van der Waals surface area contributed by atoms with Gasteiger partial charge in [0.05, 0.1) is 39.6 Å². The average molecular weight is 234 g/mol. The van der Waals surface area contributed by atoms with Gasteiger partial charge in [-0.2, -0.15) is 0 Å². The maximum Gasteiger partial charge on any atom is 0.0701 e. The summed E-state index contributed by atoms with van der Waals surface area (Å²) in [4.78, 5) is 0. The molecule has 0 radical (unpaired) electrons. The van der Waals surface area contributed by atoms with Crippen LogP contribution in [0.4, 0.5) is 0 Å². The van der Waals surface area contributed by atoms with Gasteiger partial charge in [-0.3, -0.25) is 0 Å². The smallest absolute Gasteiger partial charge is 0.0701 e. The van der Waals surface area contributed by atoms with Gasteiger partial charge < -0.3 is 19.3 Å². The Hall–Kier alpha value is -0.160. The first-order valence-corrected chi connectivity index (χ1v) is 6.11. The highest BCUT2D eigenvalue weighted by atomic mass is 16.5. The molecule has 0 saturated carbocycles. The van der Waals surface area contributed by atoms with Gasteiger partial charge in [0.15, 0.2) is 0 Å². The summed E-state index contributed by atoms with van der Waals surface area (Å²) in [6, 6.07) is 0. The van der Waals surface area contributed by atoms with E-state index in [4.69, 9.17) is 19.3 Å². The lowest BCUT2D eigenvalue weighted by molar-refractivity contribution is 0.00698. The average Bonchev–Trinajstić information content (AvgIpc) is 2.25. The lowest BCUT2D eigenvalue weighted by Gasteiger charge is -2.07. The van der Waals surface area contributed by atoms with Crippen LogP contribution in [-0.2, 0) is 14.2 Å². The normalized spacial score (nSPS) is 11.2. The molecular weight excluding hydrogens is 208 g/mol. The summed E-state index contributed by atoms with van der Waals surface area (Å²) in [5.41, 5.74) is 0. The van der Waals surface area contributed by atoms with Crippen LogP contribution >= 0.6 is 0 Å². The Morgan fingerprint density at radius 1 is 0.812 bits per heavy atom. The molecule has 0 aliphatic carbocycles. The van der Waals surface area contributed by atoms with Crippen molar-refractivity contribution in [3.05, 3.63) is 0 Å². The van der Waals surface area contributed by atoms with Gasteiger partial charge in [-0.15, -0.1) is 0 Å². The summed E-state index contributed by atoms with van der Waals surface area (Å²) >= 11 is 0. The van der Waals surface area contributed by atoms with Gasteiger partial charge in [0.2, 0.25) is 0 Å². The molecule has 0 rings (SSSR count). The van der Waals surface area contributed by atoms with E-state index in [1.165, 1.54) is 6.42 Å². The van der Waals surface area contributed by atoms with E-state index in [9.17, 15) is 0 Å². The van der Waals surface area contributed by atoms with E-state index in [0.29, 0.717) is 33.0 Å². The van der Waals surface area contributed by atoms with Crippen LogP contribution in [0.3, 0.4) is 0 Å². The number of hydrogen-bond acceptors (Lipinski definition) is 4. The molecule has 0 amide bonds. The lowest BCUT2D eigenvalue weighted by Crippen LogP contribution is -2.11. The molecule has 0 unspecified atom stereocenters. The molecule has 0 heterocycles. The van der Waals surface area contributed by atoms with Gasteiger partial charge in [0.25, 0.3) is 0 Å². The topological polar surface area (TPSA) is 47.9 Å². The van der Waals surface area contributed by atoms with Gasteiger partial charge in [-0.25, -0.2) is 0 Å². The number of aliphatic hydroxyl groups excluding tert-OH is 1. The van der Waals surface area contributed by atoms with Crippen molar-refractivity contribution in [1.29, 1.82) is 0 Å². The molecule has 16 heavy (non-hydrogen) atoms. The van der Waals surface area contributed by atoms with Crippen molar-refractivity contribution < 1.29 is 19.3 Å². The van der Waals surface area contributed by atoms with Crippen LogP contribution in [0.2, 0.25) is 0 Å². The molecule has 0 aliphatic heterocycles. The van der Waals surface area contributed by atoms with Gasteiger partial charge in [-0.1, -0.05) is 13.8 Å². The molecule has 0 atom stereocenters. The van der Waals surface area contributed by atoms with Crippen LogP contribution in [0.25, 0.3) is 0 Å². The van der Waals surface area contributed by atoms with Gasteiger partial charge in [0.1, 0.15) is 0 Å². The summed E-state index contributed by atoms with van der Waals surface area (Å²) < 4.78 is 15.7. The fourth-order valence-electron chi connectivity index (χ4n) is 1.20. The van der Waals surface area contributed by atoms with Crippen molar-refractivity contribution in [2.75, 3.05) is 46.2 Å². The molecule has 4 nitrogen and oxygen atoms in total. The zero-order valence-corrected chi connectivity index (χ0v) is 10.6. The van der Waals surface area contributed by atoms with Gasteiger partial charge in [-0.05, 0) is 18.8 Å².